The maximum Gasteiger partial charge on any atom is 0.332 e. The van der Waals surface area contributed by atoms with Gasteiger partial charge in [0.15, 0.2) is 0 Å². The molecule has 102 valence electrons. The number of aryl methyl sites for hydroxylation is 1. The van der Waals surface area contributed by atoms with Gasteiger partial charge in [0.1, 0.15) is 11.5 Å². The van der Waals surface area contributed by atoms with Crippen LogP contribution in [0, 0.1) is 6.92 Å². The Hall–Kier alpha value is -2.82. The van der Waals surface area contributed by atoms with E-state index in [-0.39, 0.29) is 0 Å². The van der Waals surface area contributed by atoms with E-state index in [2.05, 4.69) is 10.5 Å². The topological polar surface area (TPSA) is 76.7 Å². The molecule has 0 aliphatic heterocycles. The minimum absolute atomic E-state index is 0.645. The van der Waals surface area contributed by atoms with Crippen LogP contribution in [0.1, 0.15) is 11.1 Å². The Kier molecular flexibility index (Phi) is 4.34. The van der Waals surface area contributed by atoms with E-state index in [0.29, 0.717) is 5.75 Å². The molecule has 2 rings (SSSR count). The molecule has 0 spiro atoms. The van der Waals surface area contributed by atoms with Gasteiger partial charge in [-0.15, -0.1) is 0 Å². The molecule has 0 bridgehead atoms. The van der Waals surface area contributed by atoms with E-state index in [1.165, 1.54) is 6.21 Å². The molecule has 0 radical (unpaired) electrons. The Bertz CT molecular complexity index is 621. The predicted octanol–water partition coefficient (Wildman–Crippen LogP) is 2.79. The van der Waals surface area contributed by atoms with Crippen molar-refractivity contribution in [2.75, 3.05) is 0 Å². The van der Waals surface area contributed by atoms with Gasteiger partial charge in [-0.05, 0) is 31.2 Å². The molecular formula is C15H15N3O2. The van der Waals surface area contributed by atoms with Gasteiger partial charge in [0.05, 0.1) is 6.21 Å². The molecule has 5 heteroatoms. The monoisotopic (exact) mass is 269 g/mol. The van der Waals surface area contributed by atoms with Crippen LogP contribution in [0.15, 0.2) is 53.6 Å². The van der Waals surface area contributed by atoms with Crippen molar-refractivity contribution in [3.8, 4) is 11.5 Å². The van der Waals surface area contributed by atoms with E-state index >= 15 is 0 Å². The summed E-state index contributed by atoms with van der Waals surface area (Å²) in [6.45, 7) is 2.01. The fourth-order valence-electron chi connectivity index (χ4n) is 1.58. The summed E-state index contributed by atoms with van der Waals surface area (Å²) in [4.78, 5) is 10.6. The van der Waals surface area contributed by atoms with Crippen molar-refractivity contribution in [1.82, 2.24) is 5.43 Å². The second-order valence-corrected chi connectivity index (χ2v) is 4.19. The molecule has 0 aliphatic rings. The first-order valence-electron chi connectivity index (χ1n) is 6.07. The van der Waals surface area contributed by atoms with Gasteiger partial charge in [-0.1, -0.05) is 29.8 Å². The van der Waals surface area contributed by atoms with Crippen LogP contribution in [0.4, 0.5) is 4.79 Å². The van der Waals surface area contributed by atoms with E-state index in [0.717, 1.165) is 16.9 Å². The molecule has 2 amide bonds. The van der Waals surface area contributed by atoms with E-state index in [4.69, 9.17) is 10.5 Å². The van der Waals surface area contributed by atoms with Crippen molar-refractivity contribution >= 4 is 12.2 Å². The zero-order valence-electron chi connectivity index (χ0n) is 11.0. The molecule has 0 atom stereocenters. The van der Waals surface area contributed by atoms with Crippen LogP contribution < -0.4 is 15.9 Å². The Morgan fingerprint density at radius 1 is 1.20 bits per heavy atom. The molecule has 0 saturated heterocycles. The molecule has 2 aromatic carbocycles. The lowest BCUT2D eigenvalue weighted by molar-refractivity contribution is 0.249. The van der Waals surface area contributed by atoms with E-state index in [9.17, 15) is 4.79 Å². The van der Waals surface area contributed by atoms with Crippen LogP contribution in [-0.2, 0) is 0 Å². The number of primary amides is 1. The number of nitrogens with one attached hydrogen (secondary N) is 1. The van der Waals surface area contributed by atoms with Crippen molar-refractivity contribution in [3.63, 3.8) is 0 Å². The highest BCUT2D eigenvalue weighted by Crippen LogP contribution is 2.24. The molecule has 0 aliphatic carbocycles. The first-order chi connectivity index (χ1) is 9.65. The number of urea groups is 1. The lowest BCUT2D eigenvalue weighted by Crippen LogP contribution is -2.24. The largest absolute Gasteiger partial charge is 0.457 e. The lowest BCUT2D eigenvalue weighted by Gasteiger charge is -2.08. The average molecular weight is 269 g/mol. The first-order valence-corrected chi connectivity index (χ1v) is 6.07. The van der Waals surface area contributed by atoms with Crippen molar-refractivity contribution in [1.29, 1.82) is 0 Å². The third-order valence-corrected chi connectivity index (χ3v) is 2.55. The number of para-hydroxylation sites is 1. The van der Waals surface area contributed by atoms with Crippen molar-refractivity contribution in [2.45, 2.75) is 6.92 Å². The summed E-state index contributed by atoms with van der Waals surface area (Å²) in [5.74, 6) is 1.38. The fraction of sp³-hybridized carbons (Fsp3) is 0.0667. The zero-order chi connectivity index (χ0) is 14.4. The highest BCUT2D eigenvalue weighted by molar-refractivity contribution is 5.84. The molecule has 0 fully saturated rings. The highest BCUT2D eigenvalue weighted by atomic mass is 16.5. The highest BCUT2D eigenvalue weighted by Gasteiger charge is 2.02. The molecule has 0 saturated carbocycles. The van der Waals surface area contributed by atoms with Gasteiger partial charge >= 0.3 is 6.03 Å². The van der Waals surface area contributed by atoms with Crippen molar-refractivity contribution < 1.29 is 9.53 Å². The number of benzene rings is 2. The Morgan fingerprint density at radius 2 is 1.90 bits per heavy atom. The molecule has 0 aromatic heterocycles. The van der Waals surface area contributed by atoms with E-state index in [1.54, 1.807) is 0 Å². The summed E-state index contributed by atoms with van der Waals surface area (Å²) in [6, 6.07) is 14.4. The number of hydrogen-bond acceptors (Lipinski definition) is 3. The van der Waals surface area contributed by atoms with Crippen LogP contribution in [-0.4, -0.2) is 12.2 Å². The summed E-state index contributed by atoms with van der Waals surface area (Å²) in [5, 5.41) is 3.73. The minimum Gasteiger partial charge on any atom is -0.457 e. The van der Waals surface area contributed by atoms with Crippen LogP contribution in [0.25, 0.3) is 0 Å². The predicted molar refractivity (Wildman–Crippen MR) is 78.0 cm³/mol. The quantitative estimate of drug-likeness (QED) is 0.661. The number of hydrogen-bond donors (Lipinski definition) is 2. The number of rotatable bonds is 4. The number of nitrogens with two attached hydrogens (primary N) is 1. The van der Waals surface area contributed by atoms with Gasteiger partial charge in [-0.3, -0.25) is 0 Å². The fourth-order valence-corrected chi connectivity index (χ4v) is 1.58. The van der Waals surface area contributed by atoms with Gasteiger partial charge in [-0.2, -0.15) is 5.10 Å². The van der Waals surface area contributed by atoms with Crippen LogP contribution >= 0.6 is 0 Å². The first kappa shape index (κ1) is 13.6. The van der Waals surface area contributed by atoms with Crippen LogP contribution in [0.5, 0.6) is 11.5 Å². The number of carbonyl (C=O) groups excluding carboxylic acids is 1. The van der Waals surface area contributed by atoms with Gasteiger partial charge in [-0.25, -0.2) is 10.2 Å². The second-order valence-electron chi connectivity index (χ2n) is 4.19. The van der Waals surface area contributed by atoms with E-state index in [1.807, 2.05) is 55.5 Å². The van der Waals surface area contributed by atoms with Crippen LogP contribution in [0.3, 0.4) is 0 Å². The Labute approximate surface area is 117 Å². The zero-order valence-corrected chi connectivity index (χ0v) is 11.0. The smallest absolute Gasteiger partial charge is 0.332 e. The molecular weight excluding hydrogens is 254 g/mol. The molecule has 0 unspecified atom stereocenters. The Morgan fingerprint density at radius 3 is 2.60 bits per heavy atom. The minimum atomic E-state index is -0.710. The second kappa shape index (κ2) is 6.38. The molecule has 5 nitrogen and oxygen atoms in total. The molecule has 3 N–H and O–H groups in total. The van der Waals surface area contributed by atoms with Crippen molar-refractivity contribution in [2.24, 2.45) is 10.8 Å². The Balaban J connectivity index is 2.17. The summed E-state index contributed by atoms with van der Waals surface area (Å²) >= 11 is 0. The summed E-state index contributed by atoms with van der Waals surface area (Å²) < 4.78 is 5.79. The summed E-state index contributed by atoms with van der Waals surface area (Å²) in [5.41, 5.74) is 8.99. The third kappa shape index (κ3) is 3.84. The summed E-state index contributed by atoms with van der Waals surface area (Å²) in [6.07, 6.45) is 1.48. The molecule has 20 heavy (non-hydrogen) atoms. The number of hydrazone groups is 1. The average Bonchev–Trinajstić information content (AvgIpc) is 2.43. The number of nitrogens with zero attached hydrogens (tertiary/aromatic N) is 1. The van der Waals surface area contributed by atoms with Gasteiger partial charge in [0, 0.05) is 5.56 Å². The standard InChI is InChI=1S/C15H15N3O2/c1-11-6-8-13(9-7-11)20-14-5-3-2-4-12(14)10-17-18-15(16)19/h2-10H,1H3,(H3,16,18,19). The van der Waals surface area contributed by atoms with E-state index < -0.39 is 6.03 Å². The number of carbonyl (C=O) groups is 1. The normalized spacial score (nSPS) is 10.4. The maximum absolute atomic E-state index is 10.6. The van der Waals surface area contributed by atoms with Gasteiger partial charge in [0.25, 0.3) is 0 Å². The molecule has 0 heterocycles. The number of amides is 2. The van der Waals surface area contributed by atoms with Crippen molar-refractivity contribution in [3.05, 3.63) is 59.7 Å². The SMILES string of the molecule is Cc1ccc(Oc2ccccc2C=NNC(N)=O)cc1. The van der Waals surface area contributed by atoms with Gasteiger partial charge in [0.2, 0.25) is 0 Å². The molecule has 2 aromatic rings. The third-order valence-electron chi connectivity index (χ3n) is 2.55. The summed E-state index contributed by atoms with van der Waals surface area (Å²) in [7, 11) is 0. The van der Waals surface area contributed by atoms with Crippen LogP contribution in [0.2, 0.25) is 0 Å². The maximum atomic E-state index is 10.6. The number of ether oxygens (including phenoxy) is 1. The van der Waals surface area contributed by atoms with Gasteiger partial charge < -0.3 is 10.5 Å². The lowest BCUT2D eigenvalue weighted by atomic mass is 10.2.